The Balaban J connectivity index is 1.94. The van der Waals surface area contributed by atoms with Gasteiger partial charge in [-0.3, -0.25) is 9.56 Å². The van der Waals surface area contributed by atoms with Crippen molar-refractivity contribution < 1.29 is 5.11 Å². The predicted octanol–water partition coefficient (Wildman–Crippen LogP) is 5.65. The van der Waals surface area contributed by atoms with Crippen molar-refractivity contribution in [2.24, 2.45) is 4.99 Å². The summed E-state index contributed by atoms with van der Waals surface area (Å²) in [5.74, 6) is 0.165. The summed E-state index contributed by atoms with van der Waals surface area (Å²) < 4.78 is 2.40. The number of aromatic hydroxyl groups is 1. The highest BCUT2D eigenvalue weighted by molar-refractivity contribution is 7.73. The second-order valence-electron chi connectivity index (χ2n) is 5.61. The molecule has 1 aromatic heterocycles. The summed E-state index contributed by atoms with van der Waals surface area (Å²) >= 11 is 6.81. The SMILES string of the molecule is Cc1cccc(N=Cc2sc(=S)n([C@H](C)c3ccccc3)c2O)c1. The zero-order chi connectivity index (χ0) is 17.1. The molecule has 24 heavy (non-hydrogen) atoms. The van der Waals surface area contributed by atoms with Gasteiger partial charge in [-0.05, 0) is 49.3 Å². The topological polar surface area (TPSA) is 37.5 Å². The lowest BCUT2D eigenvalue weighted by molar-refractivity contribution is 0.405. The minimum Gasteiger partial charge on any atom is -0.493 e. The zero-order valence-electron chi connectivity index (χ0n) is 13.5. The van der Waals surface area contributed by atoms with E-state index in [2.05, 4.69) is 4.99 Å². The molecule has 3 aromatic rings. The Bertz CT molecular complexity index is 926. The molecule has 1 atom stereocenters. The number of rotatable bonds is 4. The molecule has 0 aliphatic heterocycles. The quantitative estimate of drug-likeness (QED) is 0.485. The second kappa shape index (κ2) is 7.11. The molecule has 0 saturated carbocycles. The Labute approximate surface area is 150 Å². The van der Waals surface area contributed by atoms with E-state index < -0.39 is 0 Å². The van der Waals surface area contributed by atoms with Gasteiger partial charge in [-0.15, -0.1) is 0 Å². The fraction of sp³-hybridized carbons (Fsp3) is 0.158. The number of aromatic nitrogens is 1. The summed E-state index contributed by atoms with van der Waals surface area (Å²) in [6.45, 7) is 4.05. The highest BCUT2D eigenvalue weighted by Crippen LogP contribution is 2.31. The number of aliphatic imine (C=N–C) groups is 1. The molecule has 1 N–H and O–H groups in total. The van der Waals surface area contributed by atoms with Gasteiger partial charge in [0.2, 0.25) is 5.88 Å². The normalized spacial score (nSPS) is 12.6. The molecule has 0 fully saturated rings. The van der Waals surface area contributed by atoms with Crippen molar-refractivity contribution in [1.82, 2.24) is 4.57 Å². The second-order valence-corrected chi connectivity index (χ2v) is 7.29. The molecular formula is C19H18N2OS2. The van der Waals surface area contributed by atoms with Crippen LogP contribution in [0.2, 0.25) is 0 Å². The Morgan fingerprint density at radius 2 is 1.92 bits per heavy atom. The number of benzene rings is 2. The first-order valence-electron chi connectivity index (χ1n) is 7.66. The molecule has 0 radical (unpaired) electrons. The third kappa shape index (κ3) is 3.47. The van der Waals surface area contributed by atoms with Crippen LogP contribution in [0, 0.1) is 10.9 Å². The maximum Gasteiger partial charge on any atom is 0.212 e. The third-order valence-electron chi connectivity index (χ3n) is 3.84. The third-order valence-corrected chi connectivity index (χ3v) is 5.17. The molecule has 0 bridgehead atoms. The number of aryl methyl sites for hydroxylation is 1. The summed E-state index contributed by atoms with van der Waals surface area (Å²) in [6, 6.07) is 17.9. The van der Waals surface area contributed by atoms with Crippen LogP contribution in [0.4, 0.5) is 5.69 Å². The summed E-state index contributed by atoms with van der Waals surface area (Å²) in [4.78, 5) is 5.12. The molecule has 0 spiro atoms. The van der Waals surface area contributed by atoms with Crippen molar-refractivity contribution >= 4 is 35.5 Å². The smallest absolute Gasteiger partial charge is 0.212 e. The van der Waals surface area contributed by atoms with Gasteiger partial charge in [0.05, 0.1) is 17.9 Å². The number of nitrogens with zero attached hydrogens (tertiary/aromatic N) is 2. The van der Waals surface area contributed by atoms with E-state index in [0.29, 0.717) is 8.83 Å². The van der Waals surface area contributed by atoms with Crippen molar-refractivity contribution in [3.8, 4) is 5.88 Å². The van der Waals surface area contributed by atoms with Crippen LogP contribution in [0.25, 0.3) is 0 Å². The molecule has 3 rings (SSSR count). The summed E-state index contributed by atoms with van der Waals surface area (Å²) in [5, 5.41) is 10.6. The maximum absolute atomic E-state index is 10.6. The van der Waals surface area contributed by atoms with Gasteiger partial charge in [0.25, 0.3) is 0 Å². The molecule has 0 amide bonds. The largest absolute Gasteiger partial charge is 0.493 e. The van der Waals surface area contributed by atoms with Crippen LogP contribution in [0.15, 0.2) is 59.6 Å². The zero-order valence-corrected chi connectivity index (χ0v) is 15.1. The number of thiazole rings is 1. The van der Waals surface area contributed by atoms with Crippen LogP contribution in [-0.4, -0.2) is 15.9 Å². The fourth-order valence-electron chi connectivity index (χ4n) is 2.54. The highest BCUT2D eigenvalue weighted by atomic mass is 32.1. The minimum atomic E-state index is -0.0314. The van der Waals surface area contributed by atoms with E-state index >= 15 is 0 Å². The first kappa shape index (κ1) is 16.6. The van der Waals surface area contributed by atoms with Gasteiger partial charge in [-0.25, -0.2) is 0 Å². The van der Waals surface area contributed by atoms with Crippen LogP contribution in [0.3, 0.4) is 0 Å². The molecule has 0 aliphatic rings. The van der Waals surface area contributed by atoms with Crippen LogP contribution in [0.1, 0.15) is 29.0 Å². The lowest BCUT2D eigenvalue weighted by Crippen LogP contribution is -2.06. The van der Waals surface area contributed by atoms with Crippen LogP contribution >= 0.6 is 23.6 Å². The molecule has 2 aromatic carbocycles. The molecule has 5 heteroatoms. The Morgan fingerprint density at radius 3 is 2.62 bits per heavy atom. The molecule has 122 valence electrons. The van der Waals surface area contributed by atoms with Crippen molar-refractivity contribution in [1.29, 1.82) is 0 Å². The average molecular weight is 355 g/mol. The number of hydrogen-bond donors (Lipinski definition) is 1. The first-order chi connectivity index (χ1) is 11.6. The summed E-state index contributed by atoms with van der Waals surface area (Å²) in [6.07, 6.45) is 1.68. The Morgan fingerprint density at radius 1 is 1.17 bits per heavy atom. The van der Waals surface area contributed by atoms with E-state index in [1.165, 1.54) is 11.3 Å². The molecule has 0 aliphatic carbocycles. The van der Waals surface area contributed by atoms with E-state index in [1.54, 1.807) is 10.8 Å². The van der Waals surface area contributed by atoms with Crippen LogP contribution in [-0.2, 0) is 0 Å². The van der Waals surface area contributed by atoms with Crippen LogP contribution < -0.4 is 0 Å². The Hall–Kier alpha value is -2.24. The van der Waals surface area contributed by atoms with E-state index in [0.717, 1.165) is 16.8 Å². The predicted molar refractivity (Wildman–Crippen MR) is 103 cm³/mol. The highest BCUT2D eigenvalue weighted by Gasteiger charge is 2.16. The maximum atomic E-state index is 10.6. The standard InChI is InChI=1S/C19H18N2OS2/c1-13-7-6-10-16(11-13)20-12-17-18(22)21(19(23)24-17)14(2)15-8-4-3-5-9-15/h3-12,14,22H,1-2H3/t14-/m1/s1. The van der Waals surface area contributed by atoms with Gasteiger partial charge >= 0.3 is 0 Å². The van der Waals surface area contributed by atoms with Crippen molar-refractivity contribution in [3.63, 3.8) is 0 Å². The molecule has 0 saturated heterocycles. The van der Waals surface area contributed by atoms with E-state index in [9.17, 15) is 5.11 Å². The molecule has 3 nitrogen and oxygen atoms in total. The van der Waals surface area contributed by atoms with E-state index in [-0.39, 0.29) is 11.9 Å². The Kier molecular flexibility index (Phi) is 4.92. The molecule has 0 unspecified atom stereocenters. The monoisotopic (exact) mass is 354 g/mol. The average Bonchev–Trinajstić information content (AvgIpc) is 2.87. The van der Waals surface area contributed by atoms with E-state index in [1.807, 2.05) is 68.4 Å². The van der Waals surface area contributed by atoms with E-state index in [4.69, 9.17) is 12.2 Å². The summed E-state index contributed by atoms with van der Waals surface area (Å²) in [5.41, 5.74) is 3.11. The van der Waals surface area contributed by atoms with Gasteiger partial charge in [-0.2, -0.15) is 0 Å². The van der Waals surface area contributed by atoms with Crippen molar-refractivity contribution in [2.75, 3.05) is 0 Å². The van der Waals surface area contributed by atoms with Gasteiger partial charge < -0.3 is 5.11 Å². The van der Waals surface area contributed by atoms with Crippen LogP contribution in [0.5, 0.6) is 5.88 Å². The fourth-order valence-corrected chi connectivity index (χ4v) is 3.88. The number of hydrogen-bond acceptors (Lipinski definition) is 4. The molecular weight excluding hydrogens is 336 g/mol. The van der Waals surface area contributed by atoms with Gasteiger partial charge in [0.15, 0.2) is 3.95 Å². The van der Waals surface area contributed by atoms with Gasteiger partial charge in [0.1, 0.15) is 4.88 Å². The lowest BCUT2D eigenvalue weighted by atomic mass is 10.1. The summed E-state index contributed by atoms with van der Waals surface area (Å²) in [7, 11) is 0. The van der Waals surface area contributed by atoms with Gasteiger partial charge in [0, 0.05) is 0 Å². The van der Waals surface area contributed by atoms with Gasteiger partial charge in [-0.1, -0.05) is 53.8 Å². The van der Waals surface area contributed by atoms with Crippen molar-refractivity contribution in [3.05, 3.63) is 74.6 Å². The molecule has 1 heterocycles. The van der Waals surface area contributed by atoms with Crippen molar-refractivity contribution in [2.45, 2.75) is 19.9 Å². The first-order valence-corrected chi connectivity index (χ1v) is 8.88. The minimum absolute atomic E-state index is 0.0314. The lowest BCUT2D eigenvalue weighted by Gasteiger charge is -2.14.